The summed E-state index contributed by atoms with van der Waals surface area (Å²) in [7, 11) is 0. The van der Waals surface area contributed by atoms with Gasteiger partial charge in [-0.25, -0.2) is 0 Å². The zero-order chi connectivity index (χ0) is 50.7. The van der Waals surface area contributed by atoms with E-state index in [4.69, 9.17) is 14.2 Å². The first-order valence-corrected chi connectivity index (χ1v) is 31.7. The van der Waals surface area contributed by atoms with E-state index < -0.39 is 6.10 Å². The second-order valence-corrected chi connectivity index (χ2v) is 21.7. The largest absolute Gasteiger partial charge is 0.462 e. The second kappa shape index (κ2) is 59.7. The summed E-state index contributed by atoms with van der Waals surface area (Å²) in [4.78, 5) is 38.2. The molecule has 6 heteroatoms. The second-order valence-electron chi connectivity index (χ2n) is 21.7. The molecule has 6 nitrogen and oxygen atoms in total. The van der Waals surface area contributed by atoms with Gasteiger partial charge in [-0.1, -0.05) is 315 Å². The molecule has 1 unspecified atom stereocenters. The molecule has 0 aromatic rings. The van der Waals surface area contributed by atoms with Gasteiger partial charge < -0.3 is 14.2 Å². The van der Waals surface area contributed by atoms with Crippen molar-refractivity contribution in [1.29, 1.82) is 0 Å². The monoisotopic (exact) mass is 987 g/mol. The van der Waals surface area contributed by atoms with Gasteiger partial charge in [-0.05, 0) is 38.5 Å². The maximum atomic E-state index is 12.9. The van der Waals surface area contributed by atoms with Gasteiger partial charge in [0.15, 0.2) is 6.10 Å². The molecule has 70 heavy (non-hydrogen) atoms. The molecule has 0 aromatic heterocycles. The molecule has 0 aliphatic heterocycles. The van der Waals surface area contributed by atoms with E-state index in [-0.39, 0.29) is 31.1 Å². The number of hydrogen-bond acceptors (Lipinski definition) is 6. The predicted molar refractivity (Wildman–Crippen MR) is 303 cm³/mol. The van der Waals surface area contributed by atoms with Crippen LogP contribution in [0.4, 0.5) is 0 Å². The van der Waals surface area contributed by atoms with Crippen molar-refractivity contribution in [2.45, 2.75) is 367 Å². The maximum Gasteiger partial charge on any atom is 0.306 e. The number of unbranched alkanes of at least 4 members (excludes halogenated alkanes) is 46. The van der Waals surface area contributed by atoms with E-state index >= 15 is 0 Å². The van der Waals surface area contributed by atoms with E-state index in [1.54, 1.807) is 0 Å². The fourth-order valence-corrected chi connectivity index (χ4v) is 9.74. The smallest absolute Gasteiger partial charge is 0.306 e. The first-order valence-electron chi connectivity index (χ1n) is 31.7. The Hall–Kier alpha value is -1.85. The molecule has 0 N–H and O–H groups in total. The van der Waals surface area contributed by atoms with Crippen molar-refractivity contribution in [3.63, 3.8) is 0 Å². The third-order valence-electron chi connectivity index (χ3n) is 14.5. The van der Waals surface area contributed by atoms with Crippen LogP contribution in [0, 0.1) is 0 Å². The third kappa shape index (κ3) is 57.1. The third-order valence-corrected chi connectivity index (χ3v) is 14.5. The van der Waals surface area contributed by atoms with Crippen molar-refractivity contribution in [2.24, 2.45) is 0 Å². The van der Waals surface area contributed by atoms with Gasteiger partial charge in [-0.15, -0.1) is 0 Å². The number of ether oxygens (including phenoxy) is 3. The summed E-state index contributed by atoms with van der Waals surface area (Å²) in [5, 5.41) is 0. The van der Waals surface area contributed by atoms with Gasteiger partial charge in [-0.3, -0.25) is 14.4 Å². The Balaban J connectivity index is 4.18. The maximum absolute atomic E-state index is 12.9. The molecule has 0 aliphatic carbocycles. The van der Waals surface area contributed by atoms with Crippen LogP contribution in [0.1, 0.15) is 361 Å². The summed E-state index contributed by atoms with van der Waals surface area (Å²) in [6.07, 6.45) is 69.5. The van der Waals surface area contributed by atoms with E-state index in [0.29, 0.717) is 19.3 Å². The molecule has 0 radical (unpaired) electrons. The van der Waals surface area contributed by atoms with Crippen LogP contribution in [0.25, 0.3) is 0 Å². The van der Waals surface area contributed by atoms with Crippen LogP contribution in [-0.4, -0.2) is 37.2 Å². The lowest BCUT2D eigenvalue weighted by molar-refractivity contribution is -0.167. The lowest BCUT2D eigenvalue weighted by Gasteiger charge is -2.18. The van der Waals surface area contributed by atoms with Crippen LogP contribution in [0.15, 0.2) is 12.2 Å². The molecule has 0 aromatic carbocycles. The molecule has 0 aliphatic rings. The average molecular weight is 988 g/mol. The number of rotatable bonds is 59. The molecule has 0 saturated heterocycles. The number of allylic oxidation sites excluding steroid dienone is 2. The zero-order valence-electron chi connectivity index (χ0n) is 47.6. The summed E-state index contributed by atoms with van der Waals surface area (Å²) >= 11 is 0. The van der Waals surface area contributed by atoms with Crippen molar-refractivity contribution < 1.29 is 28.6 Å². The molecular formula is C64H122O6. The number of hydrogen-bond donors (Lipinski definition) is 0. The van der Waals surface area contributed by atoms with Crippen molar-refractivity contribution in [3.05, 3.63) is 12.2 Å². The van der Waals surface area contributed by atoms with Gasteiger partial charge in [0.2, 0.25) is 0 Å². The number of carbonyl (C=O) groups excluding carboxylic acids is 3. The van der Waals surface area contributed by atoms with Gasteiger partial charge >= 0.3 is 17.9 Å². The predicted octanol–water partition coefficient (Wildman–Crippen LogP) is 21.3. The molecular weight excluding hydrogens is 865 g/mol. The summed E-state index contributed by atoms with van der Waals surface area (Å²) in [6.45, 7) is 6.65. The summed E-state index contributed by atoms with van der Waals surface area (Å²) in [5.41, 5.74) is 0. The van der Waals surface area contributed by atoms with E-state index in [2.05, 4.69) is 32.9 Å². The molecule has 0 bridgehead atoms. The minimum absolute atomic E-state index is 0.0664. The minimum Gasteiger partial charge on any atom is -0.462 e. The quantitative estimate of drug-likeness (QED) is 0.0261. The molecule has 414 valence electrons. The Bertz CT molecular complexity index is 1090. The topological polar surface area (TPSA) is 78.9 Å². The van der Waals surface area contributed by atoms with Gasteiger partial charge in [0.25, 0.3) is 0 Å². The highest BCUT2D eigenvalue weighted by Gasteiger charge is 2.19. The SMILES string of the molecule is CCC/C=C\CCCCCCCC(=O)OCC(COC(=O)CCCCCCCCCCCCCCCCCCCCCCC)OC(=O)CCCCCCCCCCCCCCCCCCCCCCC. The minimum atomic E-state index is -0.768. The molecule has 0 heterocycles. The molecule has 0 saturated carbocycles. The van der Waals surface area contributed by atoms with Crippen LogP contribution in [0.5, 0.6) is 0 Å². The highest BCUT2D eigenvalue weighted by molar-refractivity contribution is 5.71. The summed E-state index contributed by atoms with van der Waals surface area (Å²) in [5.74, 6) is -0.849. The Kier molecular flexibility index (Phi) is 58.1. The standard InChI is InChI=1S/C64H122O6/c1-4-7-10-13-16-19-22-24-26-28-30-32-34-36-38-40-42-45-48-51-54-57-63(66)69-60-61(59-68-62(65)56-53-50-47-44-21-18-15-12-9-6-3)70-64(67)58-55-52-49-46-43-41-39-37-35-33-31-29-27-25-23-20-17-14-11-8-5-2/h12,15,61H,4-11,13-14,16-60H2,1-3H3/b15-12-. The first-order chi connectivity index (χ1) is 34.5. The molecule has 0 spiro atoms. The van der Waals surface area contributed by atoms with Crippen molar-refractivity contribution in [2.75, 3.05) is 13.2 Å². The van der Waals surface area contributed by atoms with E-state index in [9.17, 15) is 14.4 Å². The first kappa shape index (κ1) is 68.2. The van der Waals surface area contributed by atoms with Crippen molar-refractivity contribution in [1.82, 2.24) is 0 Å². The number of esters is 3. The Morgan fingerprint density at radius 2 is 0.500 bits per heavy atom. The lowest BCUT2D eigenvalue weighted by atomic mass is 10.0. The molecule has 0 rings (SSSR count). The number of carbonyl (C=O) groups is 3. The van der Waals surface area contributed by atoms with Crippen LogP contribution >= 0.6 is 0 Å². The van der Waals surface area contributed by atoms with Crippen LogP contribution in [0.3, 0.4) is 0 Å². The van der Waals surface area contributed by atoms with Gasteiger partial charge in [0, 0.05) is 19.3 Å². The van der Waals surface area contributed by atoms with Crippen molar-refractivity contribution >= 4 is 17.9 Å². The van der Waals surface area contributed by atoms with Crippen LogP contribution in [-0.2, 0) is 28.6 Å². The van der Waals surface area contributed by atoms with Gasteiger partial charge in [0.05, 0.1) is 0 Å². The van der Waals surface area contributed by atoms with E-state index in [0.717, 1.165) is 70.6 Å². The Labute approximate surface area is 437 Å². The Morgan fingerprint density at radius 1 is 0.271 bits per heavy atom. The zero-order valence-corrected chi connectivity index (χ0v) is 47.6. The normalized spacial score (nSPS) is 12.0. The highest BCUT2D eigenvalue weighted by Crippen LogP contribution is 2.18. The van der Waals surface area contributed by atoms with Crippen LogP contribution < -0.4 is 0 Å². The van der Waals surface area contributed by atoms with Crippen LogP contribution in [0.2, 0.25) is 0 Å². The highest BCUT2D eigenvalue weighted by atomic mass is 16.6. The fraction of sp³-hybridized carbons (Fsp3) is 0.922. The molecule has 1 atom stereocenters. The lowest BCUT2D eigenvalue weighted by Crippen LogP contribution is -2.30. The van der Waals surface area contributed by atoms with Gasteiger partial charge in [-0.2, -0.15) is 0 Å². The Morgan fingerprint density at radius 3 is 0.771 bits per heavy atom. The van der Waals surface area contributed by atoms with E-state index in [1.807, 2.05) is 0 Å². The van der Waals surface area contributed by atoms with Crippen molar-refractivity contribution in [3.8, 4) is 0 Å². The summed E-state index contributed by atoms with van der Waals surface area (Å²) < 4.78 is 16.9. The molecule has 0 amide bonds. The average Bonchev–Trinajstić information content (AvgIpc) is 3.36. The summed E-state index contributed by atoms with van der Waals surface area (Å²) in [6, 6.07) is 0. The fourth-order valence-electron chi connectivity index (χ4n) is 9.74. The van der Waals surface area contributed by atoms with E-state index in [1.165, 1.54) is 250 Å². The molecule has 0 fully saturated rings. The van der Waals surface area contributed by atoms with Gasteiger partial charge in [0.1, 0.15) is 13.2 Å².